The minimum absolute atomic E-state index is 0.101. The van der Waals surface area contributed by atoms with Crippen molar-refractivity contribution in [1.82, 2.24) is 15.4 Å². The summed E-state index contributed by atoms with van der Waals surface area (Å²) < 4.78 is 35.0. The van der Waals surface area contributed by atoms with E-state index < -0.39 is 22.0 Å². The highest BCUT2D eigenvalue weighted by molar-refractivity contribution is 7.89. The SMILES string of the molecule is Cc1cccc(O[C@@H](C)C(=O)NNS(=O)(=O)c2c(C)noc2C)c1C. The zero-order chi connectivity index (χ0) is 18.8. The molecule has 0 fully saturated rings. The fourth-order valence-electron chi connectivity index (χ4n) is 2.22. The summed E-state index contributed by atoms with van der Waals surface area (Å²) in [4.78, 5) is 14.1. The van der Waals surface area contributed by atoms with Crippen LogP contribution in [0.3, 0.4) is 0 Å². The predicted octanol–water partition coefficient (Wildman–Crippen LogP) is 1.69. The summed E-state index contributed by atoms with van der Waals surface area (Å²) in [5.74, 6) is 0.0754. The lowest BCUT2D eigenvalue weighted by Crippen LogP contribution is -2.47. The minimum atomic E-state index is -3.99. The lowest BCUT2D eigenvalue weighted by Gasteiger charge is -2.17. The number of aromatic nitrogens is 1. The van der Waals surface area contributed by atoms with Gasteiger partial charge in [-0.25, -0.2) is 8.42 Å². The van der Waals surface area contributed by atoms with Gasteiger partial charge in [0.2, 0.25) is 0 Å². The van der Waals surface area contributed by atoms with Crippen LogP contribution in [-0.2, 0) is 14.8 Å². The Kier molecular flexibility index (Phi) is 5.48. The summed E-state index contributed by atoms with van der Waals surface area (Å²) in [6.07, 6.45) is -0.895. The van der Waals surface area contributed by atoms with Gasteiger partial charge in [0, 0.05) is 0 Å². The molecule has 25 heavy (non-hydrogen) atoms. The van der Waals surface area contributed by atoms with Crippen molar-refractivity contribution in [3.05, 3.63) is 40.8 Å². The molecule has 0 aliphatic heterocycles. The Labute approximate surface area is 146 Å². The number of carbonyl (C=O) groups is 1. The zero-order valence-corrected chi connectivity index (χ0v) is 15.5. The van der Waals surface area contributed by atoms with Crippen LogP contribution in [0.1, 0.15) is 29.5 Å². The van der Waals surface area contributed by atoms with Crippen molar-refractivity contribution >= 4 is 15.9 Å². The standard InChI is InChI=1S/C16H21N3O5S/c1-9-7-6-8-14(10(9)2)23-13(5)16(20)17-19-25(21,22)15-11(3)18-24-12(15)4/h6-8,13,19H,1-5H3,(H,17,20)/t13-/m0/s1. The lowest BCUT2D eigenvalue weighted by molar-refractivity contribution is -0.127. The molecule has 0 saturated heterocycles. The highest BCUT2D eigenvalue weighted by atomic mass is 32.2. The first-order valence-corrected chi connectivity index (χ1v) is 9.09. The second-order valence-corrected chi connectivity index (χ2v) is 7.33. The molecule has 2 rings (SSSR count). The quantitative estimate of drug-likeness (QED) is 0.752. The monoisotopic (exact) mass is 367 g/mol. The molecular formula is C16H21N3O5S. The number of amides is 1. The Hall–Kier alpha value is -2.39. The van der Waals surface area contributed by atoms with E-state index in [1.165, 1.54) is 20.8 Å². The van der Waals surface area contributed by atoms with Gasteiger partial charge in [0.25, 0.3) is 15.9 Å². The van der Waals surface area contributed by atoms with E-state index in [1.807, 2.05) is 30.8 Å². The molecule has 1 aromatic carbocycles. The molecule has 0 unspecified atom stereocenters. The van der Waals surface area contributed by atoms with Gasteiger partial charge >= 0.3 is 0 Å². The first-order valence-electron chi connectivity index (χ1n) is 7.61. The number of nitrogens with one attached hydrogen (secondary N) is 2. The second-order valence-electron chi connectivity index (χ2n) is 5.71. The second kappa shape index (κ2) is 7.24. The number of hydrazine groups is 1. The summed E-state index contributed by atoms with van der Waals surface area (Å²) in [6.45, 7) is 8.32. The fraction of sp³-hybridized carbons (Fsp3) is 0.375. The smallest absolute Gasteiger partial charge is 0.275 e. The third kappa shape index (κ3) is 4.18. The first-order chi connectivity index (χ1) is 11.6. The van der Waals surface area contributed by atoms with Crippen molar-refractivity contribution in [3.8, 4) is 5.75 Å². The fourth-order valence-corrected chi connectivity index (χ4v) is 3.40. The van der Waals surface area contributed by atoms with Crippen molar-refractivity contribution < 1.29 is 22.5 Å². The van der Waals surface area contributed by atoms with E-state index in [2.05, 4.69) is 10.6 Å². The largest absolute Gasteiger partial charge is 0.481 e. The minimum Gasteiger partial charge on any atom is -0.481 e. The molecule has 1 atom stereocenters. The molecule has 0 aliphatic rings. The number of rotatable bonds is 6. The highest BCUT2D eigenvalue weighted by Crippen LogP contribution is 2.22. The molecule has 2 N–H and O–H groups in total. The molecular weight excluding hydrogens is 346 g/mol. The van der Waals surface area contributed by atoms with Gasteiger partial charge in [-0.1, -0.05) is 17.3 Å². The molecule has 8 nitrogen and oxygen atoms in total. The van der Waals surface area contributed by atoms with Gasteiger partial charge in [0.05, 0.1) is 0 Å². The number of hydrogen-bond acceptors (Lipinski definition) is 6. The number of ether oxygens (including phenoxy) is 1. The van der Waals surface area contributed by atoms with Gasteiger partial charge in [0.1, 0.15) is 16.3 Å². The van der Waals surface area contributed by atoms with E-state index in [4.69, 9.17) is 9.26 Å². The van der Waals surface area contributed by atoms with E-state index >= 15 is 0 Å². The van der Waals surface area contributed by atoms with Crippen LogP contribution in [0, 0.1) is 27.7 Å². The van der Waals surface area contributed by atoms with E-state index in [-0.39, 0.29) is 16.3 Å². The zero-order valence-electron chi connectivity index (χ0n) is 14.7. The van der Waals surface area contributed by atoms with Gasteiger partial charge in [-0.15, -0.1) is 4.83 Å². The van der Waals surface area contributed by atoms with Crippen LogP contribution in [0.5, 0.6) is 5.75 Å². The van der Waals surface area contributed by atoms with Gasteiger partial charge < -0.3 is 9.26 Å². The number of aryl methyl sites for hydroxylation is 3. The lowest BCUT2D eigenvalue weighted by atomic mass is 10.1. The van der Waals surface area contributed by atoms with Gasteiger partial charge in [-0.3, -0.25) is 10.2 Å². The maximum Gasteiger partial charge on any atom is 0.275 e. The summed E-state index contributed by atoms with van der Waals surface area (Å²) in [6, 6.07) is 5.51. The van der Waals surface area contributed by atoms with Gasteiger partial charge in [-0.2, -0.15) is 0 Å². The van der Waals surface area contributed by atoms with Crippen LogP contribution >= 0.6 is 0 Å². The molecule has 0 radical (unpaired) electrons. The Balaban J connectivity index is 2.03. The van der Waals surface area contributed by atoms with Crippen molar-refractivity contribution in [1.29, 1.82) is 0 Å². The number of nitrogens with zero attached hydrogens (tertiary/aromatic N) is 1. The average Bonchev–Trinajstić information content (AvgIpc) is 2.89. The summed E-state index contributed by atoms with van der Waals surface area (Å²) in [5.41, 5.74) is 4.30. The molecule has 0 saturated carbocycles. The van der Waals surface area contributed by atoms with Crippen LogP contribution in [0.4, 0.5) is 0 Å². The van der Waals surface area contributed by atoms with Gasteiger partial charge in [-0.05, 0) is 51.8 Å². The van der Waals surface area contributed by atoms with Crippen LogP contribution in [0.15, 0.2) is 27.6 Å². The van der Waals surface area contributed by atoms with E-state index in [9.17, 15) is 13.2 Å². The maximum atomic E-state index is 12.3. The van der Waals surface area contributed by atoms with E-state index in [0.717, 1.165) is 11.1 Å². The maximum absolute atomic E-state index is 12.3. The molecule has 0 aliphatic carbocycles. The number of benzene rings is 1. The molecule has 1 heterocycles. The summed E-state index contributed by atoms with van der Waals surface area (Å²) >= 11 is 0. The number of carbonyl (C=O) groups excluding carboxylic acids is 1. The molecule has 0 spiro atoms. The van der Waals surface area contributed by atoms with Crippen LogP contribution < -0.4 is 15.0 Å². The van der Waals surface area contributed by atoms with Crippen molar-refractivity contribution in [2.75, 3.05) is 0 Å². The van der Waals surface area contributed by atoms with E-state index in [1.54, 1.807) is 6.07 Å². The summed E-state index contributed by atoms with van der Waals surface area (Å²) in [5, 5.41) is 3.59. The Morgan fingerprint density at radius 1 is 1.24 bits per heavy atom. The first kappa shape index (κ1) is 18.9. The molecule has 2 aromatic rings. The van der Waals surface area contributed by atoms with Gasteiger partial charge in [0.15, 0.2) is 11.9 Å². The molecule has 0 bridgehead atoms. The van der Waals surface area contributed by atoms with Crippen LogP contribution in [0.2, 0.25) is 0 Å². The van der Waals surface area contributed by atoms with Crippen LogP contribution in [-0.4, -0.2) is 25.6 Å². The normalized spacial score (nSPS) is 12.7. The average molecular weight is 367 g/mol. The third-order valence-electron chi connectivity index (χ3n) is 3.77. The highest BCUT2D eigenvalue weighted by Gasteiger charge is 2.26. The van der Waals surface area contributed by atoms with Crippen LogP contribution in [0.25, 0.3) is 0 Å². The third-order valence-corrected chi connectivity index (χ3v) is 5.26. The van der Waals surface area contributed by atoms with Crippen molar-refractivity contribution in [2.45, 2.75) is 45.6 Å². The molecule has 9 heteroatoms. The van der Waals surface area contributed by atoms with Crippen molar-refractivity contribution in [2.24, 2.45) is 0 Å². The number of hydrogen-bond donors (Lipinski definition) is 2. The Bertz CT molecular complexity index is 870. The Morgan fingerprint density at radius 2 is 1.92 bits per heavy atom. The molecule has 1 aromatic heterocycles. The molecule has 1 amide bonds. The summed E-state index contributed by atoms with van der Waals surface area (Å²) in [7, 11) is -3.99. The Morgan fingerprint density at radius 3 is 2.52 bits per heavy atom. The predicted molar refractivity (Wildman–Crippen MR) is 90.4 cm³/mol. The number of sulfonamides is 1. The molecule has 136 valence electrons. The van der Waals surface area contributed by atoms with Crippen molar-refractivity contribution in [3.63, 3.8) is 0 Å². The van der Waals surface area contributed by atoms with E-state index in [0.29, 0.717) is 5.75 Å². The topological polar surface area (TPSA) is 111 Å².